The average molecular weight is 270 g/mol. The van der Waals surface area contributed by atoms with Gasteiger partial charge in [-0.2, -0.15) is 0 Å². The lowest BCUT2D eigenvalue weighted by Crippen LogP contribution is -2.17. The molecule has 1 saturated heterocycles. The van der Waals surface area contributed by atoms with Crippen molar-refractivity contribution >= 4 is 5.78 Å². The van der Waals surface area contributed by atoms with Crippen LogP contribution in [0.25, 0.3) is 0 Å². The molecule has 0 N–H and O–H groups in total. The number of hydrogen-bond acceptors (Lipinski definition) is 2. The normalized spacial score (nSPS) is 25.4. The number of fused-ring (bicyclic) bond motifs is 1. The van der Waals surface area contributed by atoms with Crippen molar-refractivity contribution in [2.45, 2.75) is 38.5 Å². The Kier molecular flexibility index (Phi) is 4.02. The molecule has 0 amide bonds. The summed E-state index contributed by atoms with van der Waals surface area (Å²) in [6.45, 7) is 3.57. The first-order valence-corrected chi connectivity index (χ1v) is 7.71. The van der Waals surface area contributed by atoms with E-state index in [4.69, 9.17) is 4.74 Å². The second-order valence-corrected chi connectivity index (χ2v) is 5.84. The number of rotatable bonds is 5. The molecule has 106 valence electrons. The van der Waals surface area contributed by atoms with E-state index in [1.807, 2.05) is 18.2 Å². The molecule has 2 aliphatic rings. The van der Waals surface area contributed by atoms with E-state index < -0.39 is 0 Å². The average Bonchev–Trinajstić information content (AvgIpc) is 3.02. The first kappa shape index (κ1) is 13.6. The van der Waals surface area contributed by atoms with Crippen molar-refractivity contribution in [1.29, 1.82) is 0 Å². The predicted octanol–water partition coefficient (Wildman–Crippen LogP) is 3.88. The smallest absolute Gasteiger partial charge is 0.167 e. The molecule has 1 heterocycles. The topological polar surface area (TPSA) is 26.3 Å². The first-order valence-electron chi connectivity index (χ1n) is 7.71. The maximum atomic E-state index is 12.8. The minimum atomic E-state index is 0.00493. The Morgan fingerprint density at radius 1 is 1.20 bits per heavy atom. The van der Waals surface area contributed by atoms with Crippen molar-refractivity contribution in [1.82, 2.24) is 0 Å². The summed E-state index contributed by atoms with van der Waals surface area (Å²) in [5.74, 6) is 0.655. The Balaban J connectivity index is 1.85. The molecule has 1 fully saturated rings. The molecule has 0 bridgehead atoms. The van der Waals surface area contributed by atoms with Crippen molar-refractivity contribution in [2.75, 3.05) is 13.2 Å². The fourth-order valence-corrected chi connectivity index (χ4v) is 3.52. The minimum Gasteiger partial charge on any atom is -0.376 e. The van der Waals surface area contributed by atoms with E-state index in [0.717, 1.165) is 24.0 Å². The summed E-state index contributed by atoms with van der Waals surface area (Å²) in [6, 6.07) is 10.2. The van der Waals surface area contributed by atoms with Gasteiger partial charge < -0.3 is 4.74 Å². The van der Waals surface area contributed by atoms with Crippen LogP contribution in [0.3, 0.4) is 0 Å². The third kappa shape index (κ3) is 2.33. The zero-order valence-electron chi connectivity index (χ0n) is 12.1. The van der Waals surface area contributed by atoms with Gasteiger partial charge in [0, 0.05) is 5.92 Å². The standard InChI is InChI=1S/C18H22O2/c1-2-3-5-10-14-15-11-20-12-16(15)17(18(14)19)13-8-6-4-7-9-13/h4,6-9,16-17H,2-3,5,10-12H2,1H3/t16-,17+/m0/s1. The monoisotopic (exact) mass is 270 g/mol. The van der Waals surface area contributed by atoms with Gasteiger partial charge in [-0.05, 0) is 29.6 Å². The molecule has 0 spiro atoms. The highest BCUT2D eigenvalue weighted by molar-refractivity contribution is 6.04. The van der Waals surface area contributed by atoms with Gasteiger partial charge in [-0.25, -0.2) is 0 Å². The van der Waals surface area contributed by atoms with E-state index in [0.29, 0.717) is 24.9 Å². The highest BCUT2D eigenvalue weighted by Crippen LogP contribution is 2.45. The van der Waals surface area contributed by atoms with Crippen molar-refractivity contribution in [3.05, 3.63) is 47.0 Å². The van der Waals surface area contributed by atoms with Crippen molar-refractivity contribution < 1.29 is 9.53 Å². The molecule has 1 aliphatic heterocycles. The molecule has 2 nitrogen and oxygen atoms in total. The molecule has 0 radical (unpaired) electrons. The number of hydrogen-bond donors (Lipinski definition) is 0. The molecule has 1 aromatic rings. The van der Waals surface area contributed by atoms with Gasteiger partial charge >= 0.3 is 0 Å². The van der Waals surface area contributed by atoms with Gasteiger partial charge in [0.25, 0.3) is 0 Å². The maximum Gasteiger partial charge on any atom is 0.167 e. The lowest BCUT2D eigenvalue weighted by atomic mass is 9.86. The summed E-state index contributed by atoms with van der Waals surface area (Å²) in [7, 11) is 0. The number of Topliss-reactive ketones (excluding diaryl/α,β-unsaturated/α-hetero) is 1. The van der Waals surface area contributed by atoms with Crippen LogP contribution in [-0.4, -0.2) is 19.0 Å². The number of unbranched alkanes of at least 4 members (excludes halogenated alkanes) is 2. The Bertz CT molecular complexity index is 515. The number of benzene rings is 1. The lowest BCUT2D eigenvalue weighted by molar-refractivity contribution is -0.117. The summed E-state index contributed by atoms with van der Waals surface area (Å²) in [5.41, 5.74) is 3.52. The van der Waals surface area contributed by atoms with Crippen LogP contribution >= 0.6 is 0 Å². The van der Waals surface area contributed by atoms with E-state index in [9.17, 15) is 4.79 Å². The molecular formula is C18H22O2. The Morgan fingerprint density at radius 3 is 2.75 bits per heavy atom. The summed E-state index contributed by atoms with van der Waals surface area (Å²) >= 11 is 0. The van der Waals surface area contributed by atoms with Gasteiger partial charge in [0.05, 0.1) is 19.1 Å². The molecule has 2 heteroatoms. The fraction of sp³-hybridized carbons (Fsp3) is 0.500. The Labute approximate surface area is 120 Å². The van der Waals surface area contributed by atoms with Gasteiger partial charge in [-0.1, -0.05) is 50.1 Å². The Hall–Kier alpha value is -1.41. The SMILES string of the molecule is CCCCCC1=C2COC[C@@H]2[C@@H](c2ccccc2)C1=O. The van der Waals surface area contributed by atoms with Gasteiger partial charge in [0.1, 0.15) is 0 Å². The third-order valence-corrected chi connectivity index (χ3v) is 4.56. The molecule has 0 unspecified atom stereocenters. The number of ether oxygens (including phenoxy) is 1. The van der Waals surface area contributed by atoms with Crippen molar-refractivity contribution in [3.8, 4) is 0 Å². The second kappa shape index (κ2) is 5.92. The molecule has 2 atom stereocenters. The van der Waals surface area contributed by atoms with Gasteiger partial charge in [0.2, 0.25) is 0 Å². The molecule has 0 aromatic heterocycles. The summed E-state index contributed by atoms with van der Waals surface area (Å²) < 4.78 is 5.64. The van der Waals surface area contributed by atoms with Gasteiger partial charge in [-0.3, -0.25) is 4.79 Å². The summed E-state index contributed by atoms with van der Waals surface area (Å²) in [5, 5.41) is 0. The first-order chi connectivity index (χ1) is 9.83. The van der Waals surface area contributed by atoms with Crippen LogP contribution < -0.4 is 0 Å². The molecule has 3 rings (SSSR count). The highest BCUT2D eigenvalue weighted by Gasteiger charge is 2.44. The second-order valence-electron chi connectivity index (χ2n) is 5.84. The van der Waals surface area contributed by atoms with Crippen LogP contribution in [0.2, 0.25) is 0 Å². The van der Waals surface area contributed by atoms with E-state index in [1.54, 1.807) is 0 Å². The lowest BCUT2D eigenvalue weighted by Gasteiger charge is -2.16. The van der Waals surface area contributed by atoms with E-state index >= 15 is 0 Å². The number of allylic oxidation sites excluding steroid dienone is 1. The maximum absolute atomic E-state index is 12.8. The van der Waals surface area contributed by atoms with Crippen LogP contribution in [0.1, 0.15) is 44.1 Å². The molecular weight excluding hydrogens is 248 g/mol. The fourth-order valence-electron chi connectivity index (χ4n) is 3.52. The van der Waals surface area contributed by atoms with Crippen molar-refractivity contribution in [2.24, 2.45) is 5.92 Å². The molecule has 1 aliphatic carbocycles. The summed E-state index contributed by atoms with van der Waals surface area (Å²) in [4.78, 5) is 12.8. The number of ketones is 1. The Morgan fingerprint density at radius 2 is 2.00 bits per heavy atom. The van der Waals surface area contributed by atoms with Gasteiger partial charge in [0.15, 0.2) is 5.78 Å². The third-order valence-electron chi connectivity index (χ3n) is 4.56. The molecule has 0 saturated carbocycles. The van der Waals surface area contributed by atoms with E-state index in [1.165, 1.54) is 18.4 Å². The molecule has 1 aromatic carbocycles. The van der Waals surface area contributed by atoms with Crippen LogP contribution in [-0.2, 0) is 9.53 Å². The zero-order chi connectivity index (χ0) is 13.9. The summed E-state index contributed by atoms with van der Waals surface area (Å²) in [6.07, 6.45) is 4.45. The predicted molar refractivity (Wildman–Crippen MR) is 79.7 cm³/mol. The van der Waals surface area contributed by atoms with Crippen LogP contribution in [0.4, 0.5) is 0 Å². The van der Waals surface area contributed by atoms with Gasteiger partial charge in [-0.15, -0.1) is 0 Å². The van der Waals surface area contributed by atoms with Crippen LogP contribution in [0.5, 0.6) is 0 Å². The number of carbonyl (C=O) groups is 1. The molecule has 20 heavy (non-hydrogen) atoms. The van der Waals surface area contributed by atoms with E-state index in [2.05, 4.69) is 19.1 Å². The van der Waals surface area contributed by atoms with Crippen LogP contribution in [0.15, 0.2) is 41.5 Å². The van der Waals surface area contributed by atoms with E-state index in [-0.39, 0.29) is 5.92 Å². The highest BCUT2D eigenvalue weighted by atomic mass is 16.5. The largest absolute Gasteiger partial charge is 0.376 e. The van der Waals surface area contributed by atoms with Crippen molar-refractivity contribution in [3.63, 3.8) is 0 Å². The minimum absolute atomic E-state index is 0.00493. The number of carbonyl (C=O) groups excluding carboxylic acids is 1. The quantitative estimate of drug-likeness (QED) is 0.759. The zero-order valence-corrected chi connectivity index (χ0v) is 12.1. The van der Waals surface area contributed by atoms with Crippen LogP contribution in [0, 0.1) is 5.92 Å².